The largest absolute Gasteiger partial charge is 0.495 e. The van der Waals surface area contributed by atoms with Gasteiger partial charge in [-0.1, -0.05) is 18.2 Å². The molecular weight excluding hydrogens is 304 g/mol. The molecule has 0 heterocycles. The number of methoxy groups -OCH3 is 1. The molecule has 0 aliphatic carbocycles. The zero-order chi connectivity index (χ0) is 17.4. The van der Waals surface area contributed by atoms with Gasteiger partial charge in [-0.2, -0.15) is 15.8 Å². The Morgan fingerprint density at radius 2 is 1.62 bits per heavy atom. The average Bonchev–Trinajstić information content (AvgIpc) is 2.63. The molecule has 2 aromatic rings. The van der Waals surface area contributed by atoms with Crippen molar-refractivity contribution in [1.29, 1.82) is 15.8 Å². The van der Waals surface area contributed by atoms with E-state index < -0.39 is 0 Å². The second kappa shape index (κ2) is 7.89. The van der Waals surface area contributed by atoms with Crippen molar-refractivity contribution in [2.24, 2.45) is 0 Å². The van der Waals surface area contributed by atoms with Gasteiger partial charge in [0.25, 0.3) is 0 Å². The topological polar surface area (TPSA) is 102 Å². The Morgan fingerprint density at radius 3 is 2.21 bits per heavy atom. The number of hydrogen-bond donors (Lipinski definition) is 1. The van der Waals surface area contributed by atoms with Crippen LogP contribution in [0, 0.1) is 34.0 Å². The van der Waals surface area contributed by atoms with Gasteiger partial charge in [0.05, 0.1) is 12.8 Å². The summed E-state index contributed by atoms with van der Waals surface area (Å²) in [7, 11) is 1.48. The van der Waals surface area contributed by atoms with Gasteiger partial charge in [0.1, 0.15) is 41.2 Å². The molecular formula is C18H12N4O2. The van der Waals surface area contributed by atoms with Crippen LogP contribution in [0.2, 0.25) is 0 Å². The van der Waals surface area contributed by atoms with Crippen molar-refractivity contribution in [3.63, 3.8) is 0 Å². The molecule has 1 N–H and O–H groups in total. The fraction of sp³-hybridized carbons (Fsp3) is 0.0556. The van der Waals surface area contributed by atoms with E-state index >= 15 is 0 Å². The highest BCUT2D eigenvalue weighted by atomic mass is 16.5. The van der Waals surface area contributed by atoms with E-state index in [-0.39, 0.29) is 11.3 Å². The van der Waals surface area contributed by atoms with Gasteiger partial charge in [-0.25, -0.2) is 0 Å². The lowest BCUT2D eigenvalue weighted by Gasteiger charge is -2.13. The van der Waals surface area contributed by atoms with Crippen LogP contribution in [-0.4, -0.2) is 7.11 Å². The molecule has 6 nitrogen and oxygen atoms in total. The Balaban J connectivity index is 2.37. The highest BCUT2D eigenvalue weighted by molar-refractivity contribution is 5.66. The number of rotatable bonds is 5. The molecule has 0 spiro atoms. The van der Waals surface area contributed by atoms with Crippen molar-refractivity contribution >= 4 is 5.69 Å². The monoisotopic (exact) mass is 316 g/mol. The minimum atomic E-state index is -0.311. The second-order valence-corrected chi connectivity index (χ2v) is 4.49. The first-order chi connectivity index (χ1) is 11.7. The number of nitriles is 3. The molecule has 2 rings (SSSR count). The third-order valence-corrected chi connectivity index (χ3v) is 2.99. The third kappa shape index (κ3) is 3.82. The van der Waals surface area contributed by atoms with Crippen LogP contribution in [0.1, 0.15) is 0 Å². The summed E-state index contributed by atoms with van der Waals surface area (Å²) in [6.07, 6.45) is 0. The fourth-order valence-electron chi connectivity index (χ4n) is 1.89. The number of nitrogens with one attached hydrogen (secondary N) is 1. The van der Waals surface area contributed by atoms with Crippen molar-refractivity contribution in [1.82, 2.24) is 0 Å². The van der Waals surface area contributed by atoms with E-state index in [1.54, 1.807) is 48.5 Å². The number of hydrogen-bond acceptors (Lipinski definition) is 6. The quantitative estimate of drug-likeness (QED) is 0.843. The van der Waals surface area contributed by atoms with Crippen LogP contribution in [0.3, 0.4) is 0 Å². The lowest BCUT2D eigenvalue weighted by atomic mass is 10.2. The molecule has 6 heteroatoms. The number of allylic oxidation sites excluding steroid dienone is 2. The standard InChI is InChI=1S/C18H12N4O2/c1-23-18-8-7-15(24-14-5-3-2-4-6-14)9-16(18)22-17(12-21)13(10-19)11-20/h2-9,22H,1H3. The van der Waals surface area contributed by atoms with Gasteiger partial charge in [-0.05, 0) is 24.3 Å². The van der Waals surface area contributed by atoms with E-state index in [1.165, 1.54) is 7.11 Å². The Labute approximate surface area is 139 Å². The summed E-state index contributed by atoms with van der Waals surface area (Å²) in [5, 5.41) is 29.7. The molecule has 0 radical (unpaired) electrons. The summed E-state index contributed by atoms with van der Waals surface area (Å²) < 4.78 is 10.9. The van der Waals surface area contributed by atoms with Crippen molar-refractivity contribution in [3.8, 4) is 35.5 Å². The van der Waals surface area contributed by atoms with Gasteiger partial charge in [-0.3, -0.25) is 0 Å². The van der Waals surface area contributed by atoms with Crippen LogP contribution in [0.5, 0.6) is 17.2 Å². The first kappa shape index (κ1) is 16.4. The van der Waals surface area contributed by atoms with Crippen LogP contribution in [0.15, 0.2) is 59.8 Å². The van der Waals surface area contributed by atoms with Crippen molar-refractivity contribution < 1.29 is 9.47 Å². The SMILES string of the molecule is COc1ccc(Oc2ccccc2)cc1NC(C#N)=C(C#N)C#N. The van der Waals surface area contributed by atoms with Crippen molar-refractivity contribution in [2.45, 2.75) is 0 Å². The molecule has 0 bridgehead atoms. The highest BCUT2D eigenvalue weighted by Gasteiger charge is 2.11. The summed E-state index contributed by atoms with van der Waals surface area (Å²) >= 11 is 0. The number of para-hydroxylation sites is 1. The van der Waals surface area contributed by atoms with Crippen molar-refractivity contribution in [2.75, 3.05) is 12.4 Å². The lowest BCUT2D eigenvalue weighted by Crippen LogP contribution is -2.02. The molecule has 0 aliphatic rings. The van der Waals surface area contributed by atoms with E-state index in [2.05, 4.69) is 5.32 Å². The van der Waals surface area contributed by atoms with Gasteiger partial charge in [0, 0.05) is 6.07 Å². The van der Waals surface area contributed by atoms with Crippen LogP contribution < -0.4 is 14.8 Å². The third-order valence-electron chi connectivity index (χ3n) is 2.99. The van der Waals surface area contributed by atoms with Gasteiger partial charge in [-0.15, -0.1) is 0 Å². The predicted octanol–water partition coefficient (Wildman–Crippen LogP) is 3.72. The van der Waals surface area contributed by atoms with E-state index in [4.69, 9.17) is 25.3 Å². The summed E-state index contributed by atoms with van der Waals surface area (Å²) in [6, 6.07) is 19.3. The number of nitrogens with zero attached hydrogens (tertiary/aromatic N) is 3. The normalized spacial score (nSPS) is 8.92. The predicted molar refractivity (Wildman–Crippen MR) is 87.0 cm³/mol. The second-order valence-electron chi connectivity index (χ2n) is 4.49. The smallest absolute Gasteiger partial charge is 0.163 e. The molecule has 0 amide bonds. The molecule has 0 saturated heterocycles. The first-order valence-electron chi connectivity index (χ1n) is 6.84. The molecule has 24 heavy (non-hydrogen) atoms. The fourth-order valence-corrected chi connectivity index (χ4v) is 1.89. The molecule has 0 fully saturated rings. The Kier molecular flexibility index (Phi) is 5.40. The minimum absolute atomic E-state index is 0.157. The molecule has 0 aliphatic heterocycles. The molecule has 0 unspecified atom stereocenters. The molecule has 0 atom stereocenters. The van der Waals surface area contributed by atoms with Crippen molar-refractivity contribution in [3.05, 3.63) is 59.8 Å². The zero-order valence-electron chi connectivity index (χ0n) is 12.8. The Bertz CT molecular complexity index is 868. The molecule has 0 saturated carbocycles. The summed E-state index contributed by atoms with van der Waals surface area (Å²) in [4.78, 5) is 0. The zero-order valence-corrected chi connectivity index (χ0v) is 12.8. The first-order valence-corrected chi connectivity index (χ1v) is 6.84. The summed E-state index contributed by atoms with van der Waals surface area (Å²) in [5.41, 5.74) is -0.0606. The van der Waals surface area contributed by atoms with Crippen LogP contribution in [0.4, 0.5) is 5.69 Å². The van der Waals surface area contributed by atoms with Gasteiger partial charge in [0.2, 0.25) is 0 Å². The summed E-state index contributed by atoms with van der Waals surface area (Å²) in [6.45, 7) is 0. The molecule has 2 aromatic carbocycles. The average molecular weight is 316 g/mol. The Hall–Kier alpha value is -3.95. The van der Waals surface area contributed by atoms with Gasteiger partial charge >= 0.3 is 0 Å². The number of anilines is 1. The van der Waals surface area contributed by atoms with E-state index in [1.807, 2.05) is 18.2 Å². The molecule has 116 valence electrons. The lowest BCUT2D eigenvalue weighted by molar-refractivity contribution is 0.415. The van der Waals surface area contributed by atoms with Gasteiger partial charge in [0.15, 0.2) is 5.57 Å². The maximum Gasteiger partial charge on any atom is 0.163 e. The van der Waals surface area contributed by atoms with Crippen LogP contribution in [-0.2, 0) is 0 Å². The maximum absolute atomic E-state index is 9.14. The Morgan fingerprint density at radius 1 is 0.917 bits per heavy atom. The summed E-state index contributed by atoms with van der Waals surface area (Å²) in [5.74, 6) is 1.61. The molecule has 0 aromatic heterocycles. The minimum Gasteiger partial charge on any atom is -0.495 e. The highest BCUT2D eigenvalue weighted by Crippen LogP contribution is 2.32. The van der Waals surface area contributed by atoms with E-state index in [0.29, 0.717) is 22.9 Å². The maximum atomic E-state index is 9.14. The van der Waals surface area contributed by atoms with Gasteiger partial charge < -0.3 is 14.8 Å². The van der Waals surface area contributed by atoms with E-state index in [9.17, 15) is 0 Å². The van der Waals surface area contributed by atoms with E-state index in [0.717, 1.165) is 0 Å². The number of benzene rings is 2. The number of ether oxygens (including phenoxy) is 2. The van der Waals surface area contributed by atoms with Crippen LogP contribution in [0.25, 0.3) is 0 Å². The van der Waals surface area contributed by atoms with Crippen LogP contribution >= 0.6 is 0 Å².